The summed E-state index contributed by atoms with van der Waals surface area (Å²) >= 11 is 1.67. The second kappa shape index (κ2) is 7.78. The van der Waals surface area contributed by atoms with Crippen LogP contribution in [0.3, 0.4) is 0 Å². The molecule has 0 bridgehead atoms. The van der Waals surface area contributed by atoms with Gasteiger partial charge in [0.2, 0.25) is 0 Å². The van der Waals surface area contributed by atoms with E-state index in [1.807, 2.05) is 52.8 Å². The predicted octanol–water partition coefficient (Wildman–Crippen LogP) is 5.08. The number of rotatable bonds is 6. The van der Waals surface area contributed by atoms with Crippen molar-refractivity contribution in [3.8, 4) is 10.4 Å². The molecule has 144 valence electrons. The molecule has 1 aromatic carbocycles. The summed E-state index contributed by atoms with van der Waals surface area (Å²) in [5.41, 5.74) is 0.284. The summed E-state index contributed by atoms with van der Waals surface area (Å²) in [6.45, 7) is 10.3. The van der Waals surface area contributed by atoms with Crippen molar-refractivity contribution in [3.63, 3.8) is 0 Å². The van der Waals surface area contributed by atoms with Gasteiger partial charge in [0.25, 0.3) is 0 Å². The molecule has 1 fully saturated rings. The smallest absolute Gasteiger partial charge is 0.466 e. The average Bonchev–Trinajstić information content (AvgIpc) is 3.16. The third kappa shape index (κ3) is 4.28. The van der Waals surface area contributed by atoms with Crippen molar-refractivity contribution < 1.29 is 18.8 Å². The van der Waals surface area contributed by atoms with E-state index in [9.17, 15) is 4.79 Å². The van der Waals surface area contributed by atoms with Gasteiger partial charge in [0.15, 0.2) is 0 Å². The van der Waals surface area contributed by atoms with Gasteiger partial charge in [-0.2, -0.15) is 0 Å². The number of esters is 1. The lowest BCUT2D eigenvalue weighted by atomic mass is 9.69. The molecule has 1 aliphatic rings. The Labute approximate surface area is 166 Å². The van der Waals surface area contributed by atoms with Crippen LogP contribution in [-0.4, -0.2) is 30.9 Å². The number of thiophene rings is 1. The minimum Gasteiger partial charge on any atom is -0.466 e. The van der Waals surface area contributed by atoms with Crippen LogP contribution in [-0.2, 0) is 18.8 Å². The van der Waals surface area contributed by atoms with E-state index < -0.39 is 18.3 Å². The molecular formula is C21H27BO4S. The van der Waals surface area contributed by atoms with Crippen LogP contribution in [0.25, 0.3) is 10.4 Å². The van der Waals surface area contributed by atoms with Gasteiger partial charge in [-0.05, 0) is 52.3 Å². The lowest BCUT2D eigenvalue weighted by molar-refractivity contribution is -0.143. The van der Waals surface area contributed by atoms with Gasteiger partial charge in [-0.3, -0.25) is 4.79 Å². The Balaban J connectivity index is 1.89. The zero-order valence-corrected chi connectivity index (χ0v) is 17.5. The number of hydrogen-bond acceptors (Lipinski definition) is 5. The molecule has 1 aliphatic heterocycles. The first-order valence-electron chi connectivity index (χ1n) is 9.40. The highest BCUT2D eigenvalue weighted by Crippen LogP contribution is 2.44. The molecule has 6 heteroatoms. The van der Waals surface area contributed by atoms with Crippen LogP contribution in [0.15, 0.2) is 42.5 Å². The Hall–Kier alpha value is -1.63. The maximum atomic E-state index is 12.3. The molecule has 1 saturated heterocycles. The second-order valence-corrected chi connectivity index (χ2v) is 8.92. The van der Waals surface area contributed by atoms with Gasteiger partial charge in [-0.1, -0.05) is 30.3 Å². The number of carbonyl (C=O) groups is 1. The maximum Gasteiger partial charge on any atom is 0.467 e. The van der Waals surface area contributed by atoms with E-state index in [1.54, 1.807) is 11.3 Å². The van der Waals surface area contributed by atoms with Crippen LogP contribution in [0.5, 0.6) is 0 Å². The Morgan fingerprint density at radius 1 is 1.07 bits per heavy atom. The molecule has 0 spiro atoms. The molecule has 2 aromatic rings. The molecule has 1 unspecified atom stereocenters. The normalized spacial score (nSPS) is 19.1. The van der Waals surface area contributed by atoms with Gasteiger partial charge in [0.05, 0.1) is 24.2 Å². The van der Waals surface area contributed by atoms with E-state index in [1.165, 1.54) is 0 Å². The largest absolute Gasteiger partial charge is 0.467 e. The zero-order valence-electron chi connectivity index (χ0n) is 16.7. The first-order chi connectivity index (χ1) is 12.7. The van der Waals surface area contributed by atoms with Gasteiger partial charge in [-0.15, -0.1) is 11.3 Å². The number of hydrogen-bond donors (Lipinski definition) is 0. The molecule has 0 N–H and O–H groups in total. The highest BCUT2D eigenvalue weighted by molar-refractivity contribution is 7.15. The first kappa shape index (κ1) is 20.1. The summed E-state index contributed by atoms with van der Waals surface area (Å²) in [4.78, 5) is 14.5. The van der Waals surface area contributed by atoms with E-state index in [-0.39, 0.29) is 18.2 Å². The lowest BCUT2D eigenvalue weighted by Gasteiger charge is -2.32. The van der Waals surface area contributed by atoms with Gasteiger partial charge < -0.3 is 14.0 Å². The van der Waals surface area contributed by atoms with Crippen molar-refractivity contribution in [1.82, 2.24) is 0 Å². The van der Waals surface area contributed by atoms with Crippen molar-refractivity contribution in [3.05, 3.63) is 47.3 Å². The van der Waals surface area contributed by atoms with Crippen LogP contribution in [0, 0.1) is 0 Å². The third-order valence-corrected chi connectivity index (χ3v) is 6.61. The van der Waals surface area contributed by atoms with Crippen molar-refractivity contribution >= 4 is 24.4 Å². The fraction of sp³-hybridized carbons (Fsp3) is 0.476. The molecule has 0 aliphatic carbocycles. The summed E-state index contributed by atoms with van der Waals surface area (Å²) in [5, 5.41) is 0. The molecule has 1 atom stereocenters. The first-order valence-corrected chi connectivity index (χ1v) is 10.2. The fourth-order valence-corrected chi connectivity index (χ4v) is 4.22. The van der Waals surface area contributed by atoms with Crippen LogP contribution in [0.4, 0.5) is 0 Å². The van der Waals surface area contributed by atoms with Crippen LogP contribution in [0.1, 0.15) is 51.7 Å². The van der Waals surface area contributed by atoms with E-state index >= 15 is 0 Å². The average molecular weight is 386 g/mol. The summed E-state index contributed by atoms with van der Waals surface area (Å²) in [7, 11) is -0.485. The SMILES string of the molecule is CCOC(=O)CC(B1OC(C)(C)C(C)(C)O1)c1ccc(-c2ccccc2)s1. The predicted molar refractivity (Wildman–Crippen MR) is 110 cm³/mol. The molecule has 0 saturated carbocycles. The monoisotopic (exact) mass is 386 g/mol. The van der Waals surface area contributed by atoms with Crippen LogP contribution < -0.4 is 0 Å². The van der Waals surface area contributed by atoms with E-state index in [2.05, 4.69) is 24.3 Å². The Bertz CT molecular complexity index is 768. The van der Waals surface area contributed by atoms with E-state index in [0.717, 1.165) is 15.3 Å². The zero-order chi connectivity index (χ0) is 19.7. The Morgan fingerprint density at radius 3 is 2.30 bits per heavy atom. The fourth-order valence-electron chi connectivity index (χ4n) is 3.09. The maximum absolute atomic E-state index is 12.3. The summed E-state index contributed by atoms with van der Waals surface area (Å²) in [5.74, 6) is -0.431. The summed E-state index contributed by atoms with van der Waals surface area (Å²) in [6, 6.07) is 14.4. The van der Waals surface area contributed by atoms with Crippen LogP contribution in [0.2, 0.25) is 0 Å². The topological polar surface area (TPSA) is 44.8 Å². The molecule has 3 rings (SSSR count). The minimum absolute atomic E-state index is 0.201. The van der Waals surface area contributed by atoms with Crippen molar-refractivity contribution in [1.29, 1.82) is 0 Å². The molecular weight excluding hydrogens is 359 g/mol. The Morgan fingerprint density at radius 2 is 1.70 bits per heavy atom. The second-order valence-electron chi connectivity index (χ2n) is 7.81. The van der Waals surface area contributed by atoms with E-state index in [0.29, 0.717) is 6.61 Å². The van der Waals surface area contributed by atoms with Gasteiger partial charge in [0.1, 0.15) is 0 Å². The number of carbonyl (C=O) groups excluding carboxylic acids is 1. The molecule has 4 nitrogen and oxygen atoms in total. The van der Waals surface area contributed by atoms with Crippen molar-refractivity contribution in [2.75, 3.05) is 6.61 Å². The van der Waals surface area contributed by atoms with Gasteiger partial charge >= 0.3 is 13.1 Å². The molecule has 0 radical (unpaired) electrons. The molecule has 27 heavy (non-hydrogen) atoms. The molecule has 1 aromatic heterocycles. The third-order valence-electron chi connectivity index (χ3n) is 5.34. The van der Waals surface area contributed by atoms with Crippen molar-refractivity contribution in [2.24, 2.45) is 0 Å². The van der Waals surface area contributed by atoms with Crippen molar-refractivity contribution in [2.45, 2.75) is 58.1 Å². The van der Waals surface area contributed by atoms with Crippen LogP contribution >= 0.6 is 11.3 Å². The number of benzene rings is 1. The molecule has 2 heterocycles. The van der Waals surface area contributed by atoms with Gasteiger partial charge in [-0.25, -0.2) is 0 Å². The highest BCUT2D eigenvalue weighted by atomic mass is 32.1. The quantitative estimate of drug-likeness (QED) is 0.513. The standard InChI is InChI=1S/C21H27BO4S/c1-6-24-19(23)14-16(22-25-20(2,3)21(4,5)26-22)18-13-12-17(27-18)15-10-8-7-9-11-15/h7-13,16H,6,14H2,1-5H3. The van der Waals surface area contributed by atoms with Gasteiger partial charge in [0, 0.05) is 15.6 Å². The lowest BCUT2D eigenvalue weighted by Crippen LogP contribution is -2.41. The highest BCUT2D eigenvalue weighted by Gasteiger charge is 2.54. The summed E-state index contributed by atoms with van der Waals surface area (Å²) < 4.78 is 17.7. The minimum atomic E-state index is -0.485. The van der Waals surface area contributed by atoms with E-state index in [4.69, 9.17) is 14.0 Å². The number of ether oxygens (including phenoxy) is 1. The molecule has 0 amide bonds. The Kier molecular flexibility index (Phi) is 5.80. The summed E-state index contributed by atoms with van der Waals surface area (Å²) in [6.07, 6.45) is 0.236.